The van der Waals surface area contributed by atoms with Crippen molar-refractivity contribution in [1.82, 2.24) is 9.97 Å². The summed E-state index contributed by atoms with van der Waals surface area (Å²) in [6.45, 7) is 0. The Bertz CT molecular complexity index is 557. The number of hydrogen-bond donors (Lipinski definition) is 1. The summed E-state index contributed by atoms with van der Waals surface area (Å²) in [5.41, 5.74) is 0.0666. The molecule has 17 heavy (non-hydrogen) atoms. The maximum atomic E-state index is 12.7. The van der Waals surface area contributed by atoms with Gasteiger partial charge >= 0.3 is 0 Å². The van der Waals surface area contributed by atoms with Crippen LogP contribution in [0.25, 0.3) is 11.4 Å². The highest BCUT2D eigenvalue weighted by molar-refractivity contribution is 7.79. The van der Waals surface area contributed by atoms with Crippen molar-refractivity contribution in [3.8, 4) is 11.4 Å². The Morgan fingerprint density at radius 3 is 2.82 bits per heavy atom. The van der Waals surface area contributed by atoms with Crippen LogP contribution in [0.4, 0.5) is 8.78 Å². The number of nitrogens with one attached hydrogen (secondary N) is 1. The van der Waals surface area contributed by atoms with Gasteiger partial charge in [0.2, 0.25) is 0 Å². The van der Waals surface area contributed by atoms with Gasteiger partial charge in [0.15, 0.2) is 0 Å². The Balaban J connectivity index is 2.48. The third-order valence-corrected chi connectivity index (χ3v) is 2.80. The number of H-pyrrole nitrogens is 1. The standard InChI is InChI=1S/C10H8F2N2O2S/c11-10(12)7-2-1-3-13-9(7)8-4-6(5-14-8)17(15)16/h1-5,10,14H,(H,15,16)/p-1. The molecule has 4 nitrogen and oxygen atoms in total. The SMILES string of the molecule is O=S([O-])c1c[nH]c(-c2ncccc2C(F)F)c1. The Morgan fingerprint density at radius 1 is 1.47 bits per heavy atom. The molecule has 7 heteroatoms. The molecular formula is C10H7F2N2O2S-. The predicted molar refractivity (Wildman–Crippen MR) is 56.2 cm³/mol. The summed E-state index contributed by atoms with van der Waals surface area (Å²) in [5.74, 6) is 0. The molecule has 0 bridgehead atoms. The third kappa shape index (κ3) is 2.40. The highest BCUT2D eigenvalue weighted by Crippen LogP contribution is 2.28. The zero-order valence-corrected chi connectivity index (χ0v) is 9.21. The first kappa shape index (κ1) is 11.9. The van der Waals surface area contributed by atoms with Gasteiger partial charge in [-0.15, -0.1) is 0 Å². The van der Waals surface area contributed by atoms with Crippen molar-refractivity contribution in [3.63, 3.8) is 0 Å². The fourth-order valence-corrected chi connectivity index (χ4v) is 1.80. The van der Waals surface area contributed by atoms with Gasteiger partial charge < -0.3 is 9.54 Å². The topological polar surface area (TPSA) is 68.8 Å². The molecule has 0 aromatic carbocycles. The van der Waals surface area contributed by atoms with E-state index in [0.717, 1.165) is 0 Å². The normalized spacial score (nSPS) is 12.9. The average Bonchev–Trinajstić information content (AvgIpc) is 2.78. The van der Waals surface area contributed by atoms with Crippen molar-refractivity contribution in [3.05, 3.63) is 36.2 Å². The van der Waals surface area contributed by atoms with Gasteiger partial charge in [-0.3, -0.25) is 9.19 Å². The first-order valence-corrected chi connectivity index (χ1v) is 5.68. The summed E-state index contributed by atoms with van der Waals surface area (Å²) in [6, 6.07) is 3.92. The molecule has 0 spiro atoms. The van der Waals surface area contributed by atoms with Crippen LogP contribution in [0.15, 0.2) is 35.5 Å². The van der Waals surface area contributed by atoms with E-state index in [2.05, 4.69) is 9.97 Å². The second-order valence-electron chi connectivity index (χ2n) is 3.23. The number of pyridine rings is 1. The fourth-order valence-electron chi connectivity index (χ4n) is 1.43. The summed E-state index contributed by atoms with van der Waals surface area (Å²) in [4.78, 5) is 6.45. The summed E-state index contributed by atoms with van der Waals surface area (Å²) in [5, 5.41) is 0. The van der Waals surface area contributed by atoms with Gasteiger partial charge in [0.25, 0.3) is 6.43 Å². The van der Waals surface area contributed by atoms with Crippen LogP contribution in [0.2, 0.25) is 0 Å². The van der Waals surface area contributed by atoms with Crippen LogP contribution in [0, 0.1) is 0 Å². The zero-order chi connectivity index (χ0) is 12.4. The molecule has 0 fully saturated rings. The molecule has 0 aliphatic rings. The van der Waals surface area contributed by atoms with Crippen LogP contribution < -0.4 is 0 Å². The lowest BCUT2D eigenvalue weighted by Crippen LogP contribution is -1.93. The van der Waals surface area contributed by atoms with E-state index in [9.17, 15) is 17.5 Å². The molecule has 0 saturated heterocycles. The molecule has 2 heterocycles. The molecule has 1 unspecified atom stereocenters. The zero-order valence-electron chi connectivity index (χ0n) is 8.39. The van der Waals surface area contributed by atoms with E-state index < -0.39 is 17.5 Å². The predicted octanol–water partition coefficient (Wildman–Crippen LogP) is 2.25. The lowest BCUT2D eigenvalue weighted by Gasteiger charge is -2.05. The molecule has 1 atom stereocenters. The largest absolute Gasteiger partial charge is 0.768 e. The van der Waals surface area contributed by atoms with E-state index in [1.165, 1.54) is 30.6 Å². The molecule has 90 valence electrons. The highest BCUT2D eigenvalue weighted by atomic mass is 32.2. The van der Waals surface area contributed by atoms with Gasteiger partial charge in [0.1, 0.15) is 0 Å². The van der Waals surface area contributed by atoms with Gasteiger partial charge in [-0.05, 0) is 29.3 Å². The fraction of sp³-hybridized carbons (Fsp3) is 0.100. The van der Waals surface area contributed by atoms with Crippen molar-refractivity contribution < 1.29 is 17.5 Å². The van der Waals surface area contributed by atoms with Crippen LogP contribution in [0.3, 0.4) is 0 Å². The smallest absolute Gasteiger partial charge is 0.266 e. The van der Waals surface area contributed by atoms with E-state index >= 15 is 0 Å². The van der Waals surface area contributed by atoms with Crippen LogP contribution in [0.5, 0.6) is 0 Å². The van der Waals surface area contributed by atoms with Crippen LogP contribution in [-0.4, -0.2) is 18.7 Å². The van der Waals surface area contributed by atoms with E-state index in [-0.39, 0.29) is 21.8 Å². The maximum Gasteiger partial charge on any atom is 0.266 e. The van der Waals surface area contributed by atoms with Gasteiger partial charge in [0, 0.05) is 22.9 Å². The van der Waals surface area contributed by atoms with Gasteiger partial charge in [-0.1, -0.05) is 0 Å². The lowest BCUT2D eigenvalue weighted by molar-refractivity contribution is 0.151. The Kier molecular flexibility index (Phi) is 3.30. The second kappa shape index (κ2) is 4.72. The van der Waals surface area contributed by atoms with E-state index in [4.69, 9.17) is 0 Å². The number of hydrogen-bond acceptors (Lipinski definition) is 3. The number of rotatable bonds is 3. The molecule has 2 aromatic rings. The number of aromatic amines is 1. The summed E-state index contributed by atoms with van der Waals surface area (Å²) < 4.78 is 46.8. The van der Waals surface area contributed by atoms with Crippen molar-refractivity contribution in [1.29, 1.82) is 0 Å². The highest BCUT2D eigenvalue weighted by Gasteiger charge is 2.16. The van der Waals surface area contributed by atoms with Crippen molar-refractivity contribution in [2.75, 3.05) is 0 Å². The quantitative estimate of drug-likeness (QED) is 0.857. The Labute approximate surface area is 98.0 Å². The summed E-state index contributed by atoms with van der Waals surface area (Å²) in [7, 11) is 0. The summed E-state index contributed by atoms with van der Waals surface area (Å²) in [6.07, 6.45) is -0.0682. The molecule has 1 N–H and O–H groups in total. The van der Waals surface area contributed by atoms with Crippen molar-refractivity contribution in [2.45, 2.75) is 11.3 Å². The van der Waals surface area contributed by atoms with E-state index in [0.29, 0.717) is 0 Å². The molecule has 0 aliphatic heterocycles. The first-order chi connectivity index (χ1) is 8.09. The molecule has 2 aromatic heterocycles. The van der Waals surface area contributed by atoms with Gasteiger partial charge in [0.05, 0.1) is 11.4 Å². The number of halogens is 2. The minimum Gasteiger partial charge on any atom is -0.768 e. The van der Waals surface area contributed by atoms with Crippen molar-refractivity contribution in [2.24, 2.45) is 0 Å². The minimum atomic E-state index is -2.66. The van der Waals surface area contributed by atoms with Crippen molar-refractivity contribution >= 4 is 11.1 Å². The van der Waals surface area contributed by atoms with Crippen LogP contribution in [0.1, 0.15) is 12.0 Å². The maximum absolute atomic E-state index is 12.7. The number of alkyl halides is 2. The molecule has 0 saturated carbocycles. The van der Waals surface area contributed by atoms with Crippen LogP contribution >= 0.6 is 0 Å². The minimum absolute atomic E-state index is 0.00543. The molecule has 0 aliphatic carbocycles. The van der Waals surface area contributed by atoms with E-state index in [1.54, 1.807) is 0 Å². The molecule has 2 rings (SSSR count). The third-order valence-electron chi connectivity index (χ3n) is 2.18. The number of aromatic nitrogens is 2. The summed E-state index contributed by atoms with van der Waals surface area (Å²) >= 11 is -2.40. The monoisotopic (exact) mass is 257 g/mol. The van der Waals surface area contributed by atoms with E-state index in [1.807, 2.05) is 0 Å². The first-order valence-electron chi connectivity index (χ1n) is 4.60. The number of nitrogens with zero attached hydrogens (tertiary/aromatic N) is 1. The van der Waals surface area contributed by atoms with Gasteiger partial charge in [-0.25, -0.2) is 8.78 Å². The van der Waals surface area contributed by atoms with Gasteiger partial charge in [-0.2, -0.15) is 0 Å². The van der Waals surface area contributed by atoms with Crippen LogP contribution in [-0.2, 0) is 11.1 Å². The lowest BCUT2D eigenvalue weighted by atomic mass is 10.1. The molecular weight excluding hydrogens is 250 g/mol. The molecule has 0 amide bonds. The Hall–Kier alpha value is -1.60. The second-order valence-corrected chi connectivity index (χ2v) is 4.17. The molecule has 0 radical (unpaired) electrons. The average molecular weight is 257 g/mol. The Morgan fingerprint density at radius 2 is 2.24 bits per heavy atom.